The fourth-order valence-corrected chi connectivity index (χ4v) is 6.57. The Morgan fingerprint density at radius 3 is 2.36 bits per heavy atom. The van der Waals surface area contributed by atoms with E-state index in [1.807, 2.05) is 34.1 Å². The third-order valence-corrected chi connectivity index (χ3v) is 9.90. The van der Waals surface area contributed by atoms with E-state index in [0.29, 0.717) is 41.3 Å². The molecule has 12 heteroatoms. The molecule has 2 fully saturated rings. The number of benzene rings is 2. The number of fused-ring (bicyclic) bond motifs is 1. The molecule has 45 heavy (non-hydrogen) atoms. The third-order valence-electron chi connectivity index (χ3n) is 9.25. The average Bonchev–Trinajstić information content (AvgIpc) is 3.98. The van der Waals surface area contributed by atoms with Gasteiger partial charge in [-0.15, -0.1) is 0 Å². The molecule has 1 amide bonds. The molecule has 0 saturated heterocycles. The van der Waals surface area contributed by atoms with Crippen LogP contribution in [0, 0.1) is 5.41 Å². The SMILES string of the molecule is CN(CCCCc1cc(Cl)c(OCC2(C(=O)N3CCN(C4CC4)c4ccccc43)CC2)cc1Cl)C[C@H](O)[C@@H](O)[C@H](O)[C@H](O)CO. The van der Waals surface area contributed by atoms with Crippen molar-refractivity contribution in [2.75, 3.05) is 56.2 Å². The summed E-state index contributed by atoms with van der Waals surface area (Å²) in [6.45, 7) is 1.75. The number of anilines is 2. The van der Waals surface area contributed by atoms with Gasteiger partial charge < -0.3 is 45.0 Å². The number of hydrogen-bond donors (Lipinski definition) is 5. The Kier molecular flexibility index (Phi) is 11.2. The van der Waals surface area contributed by atoms with Crippen molar-refractivity contribution in [3.05, 3.63) is 52.0 Å². The molecule has 2 aromatic carbocycles. The van der Waals surface area contributed by atoms with E-state index in [2.05, 4.69) is 11.0 Å². The molecule has 4 atom stereocenters. The summed E-state index contributed by atoms with van der Waals surface area (Å²) in [4.78, 5) is 20.0. The average molecular weight is 667 g/mol. The van der Waals surface area contributed by atoms with Gasteiger partial charge in [-0.25, -0.2) is 0 Å². The molecular weight excluding hydrogens is 621 g/mol. The predicted molar refractivity (Wildman–Crippen MR) is 174 cm³/mol. The van der Waals surface area contributed by atoms with E-state index in [1.54, 1.807) is 13.1 Å². The van der Waals surface area contributed by atoms with E-state index in [0.717, 1.165) is 49.2 Å². The van der Waals surface area contributed by atoms with E-state index < -0.39 is 36.4 Å². The highest BCUT2D eigenvalue weighted by molar-refractivity contribution is 6.34. The van der Waals surface area contributed by atoms with Crippen LogP contribution in [0.1, 0.15) is 44.1 Å². The minimum Gasteiger partial charge on any atom is -0.491 e. The number of aliphatic hydroxyl groups excluding tert-OH is 5. The molecule has 0 unspecified atom stereocenters. The van der Waals surface area contributed by atoms with Gasteiger partial charge in [0.2, 0.25) is 5.91 Å². The summed E-state index contributed by atoms with van der Waals surface area (Å²) in [5.41, 5.74) is 2.44. The van der Waals surface area contributed by atoms with E-state index in [1.165, 1.54) is 12.8 Å². The fraction of sp³-hybridized carbons (Fsp3) is 0.606. The highest BCUT2D eigenvalue weighted by atomic mass is 35.5. The van der Waals surface area contributed by atoms with Crippen LogP contribution in [0.5, 0.6) is 5.75 Å². The number of para-hydroxylation sites is 2. The molecule has 0 bridgehead atoms. The van der Waals surface area contributed by atoms with Crippen molar-refractivity contribution in [3.63, 3.8) is 0 Å². The molecule has 0 spiro atoms. The van der Waals surface area contributed by atoms with Crippen molar-refractivity contribution in [1.82, 2.24) is 4.90 Å². The number of unbranched alkanes of at least 4 members (excludes halogenated alkanes) is 1. The lowest BCUT2D eigenvalue weighted by molar-refractivity contribution is -0.124. The van der Waals surface area contributed by atoms with Crippen LogP contribution in [-0.4, -0.2) is 113 Å². The number of aliphatic hydroxyl groups is 5. The monoisotopic (exact) mass is 665 g/mol. The normalized spacial score (nSPS) is 20.0. The number of nitrogens with zero attached hydrogens (tertiary/aromatic N) is 3. The first kappa shape index (κ1) is 34.2. The Bertz CT molecular complexity index is 1330. The van der Waals surface area contributed by atoms with E-state index in [9.17, 15) is 25.2 Å². The second kappa shape index (κ2) is 14.7. The van der Waals surface area contributed by atoms with Crippen LogP contribution in [0.4, 0.5) is 11.4 Å². The maximum absolute atomic E-state index is 13.8. The Morgan fingerprint density at radius 1 is 1.00 bits per heavy atom. The van der Waals surface area contributed by atoms with Gasteiger partial charge in [-0.3, -0.25) is 4.79 Å². The van der Waals surface area contributed by atoms with Gasteiger partial charge >= 0.3 is 0 Å². The van der Waals surface area contributed by atoms with E-state index >= 15 is 0 Å². The number of carbonyl (C=O) groups is 1. The molecule has 2 saturated carbocycles. The molecule has 2 aromatic rings. The molecule has 5 N–H and O–H groups in total. The lowest BCUT2D eigenvalue weighted by Crippen LogP contribution is -2.49. The Hall–Kier alpha value is -2.15. The van der Waals surface area contributed by atoms with E-state index in [-0.39, 0.29) is 19.1 Å². The Morgan fingerprint density at radius 2 is 1.69 bits per heavy atom. The number of amides is 1. The van der Waals surface area contributed by atoms with Crippen molar-refractivity contribution in [1.29, 1.82) is 0 Å². The van der Waals surface area contributed by atoms with E-state index in [4.69, 9.17) is 33.0 Å². The number of ether oxygens (including phenoxy) is 1. The number of hydrogen-bond acceptors (Lipinski definition) is 9. The lowest BCUT2D eigenvalue weighted by atomic mass is 10.0. The first-order chi connectivity index (χ1) is 21.5. The van der Waals surface area contributed by atoms with Crippen LogP contribution in [-0.2, 0) is 11.2 Å². The molecule has 0 radical (unpaired) electrons. The quantitative estimate of drug-likeness (QED) is 0.171. The maximum atomic E-state index is 13.8. The molecule has 10 nitrogen and oxygen atoms in total. The maximum Gasteiger partial charge on any atom is 0.236 e. The molecular formula is C33H45Cl2N3O7. The zero-order valence-corrected chi connectivity index (χ0v) is 27.2. The van der Waals surface area contributed by atoms with Gasteiger partial charge in [0.15, 0.2) is 0 Å². The summed E-state index contributed by atoms with van der Waals surface area (Å²) in [6.07, 6.45) is 0.175. The lowest BCUT2D eigenvalue weighted by Gasteiger charge is -2.39. The van der Waals surface area contributed by atoms with Crippen molar-refractivity contribution in [3.8, 4) is 5.75 Å². The zero-order chi connectivity index (χ0) is 32.3. The summed E-state index contributed by atoms with van der Waals surface area (Å²) >= 11 is 13.2. The smallest absolute Gasteiger partial charge is 0.236 e. The largest absolute Gasteiger partial charge is 0.491 e. The summed E-state index contributed by atoms with van der Waals surface area (Å²) < 4.78 is 6.15. The minimum atomic E-state index is -1.64. The molecule has 248 valence electrons. The molecule has 5 rings (SSSR count). The van der Waals surface area contributed by atoms with Crippen LogP contribution in [0.3, 0.4) is 0 Å². The predicted octanol–water partition coefficient (Wildman–Crippen LogP) is 2.86. The second-order valence-corrected chi connectivity index (χ2v) is 13.6. The third kappa shape index (κ3) is 8.05. The number of rotatable bonds is 16. The summed E-state index contributed by atoms with van der Waals surface area (Å²) in [5, 5.41) is 49.4. The standard InChI is InChI=1S/C33H45Cl2N3O7/c1-36(18-27(40)30(42)31(43)28(41)19-39)13-5-4-6-21-16-24(35)29(17-23(21)34)45-20-33(11-12-33)32(44)38-15-14-37(22-9-10-22)25-7-2-3-8-26(25)38/h2-3,7-8,16-17,22,27-28,30-31,39-43H,4-6,9-15,18-20H2,1H3/t27-,28+,30+,31+/m0/s1. The summed E-state index contributed by atoms with van der Waals surface area (Å²) in [5.74, 6) is 0.569. The van der Waals surface area contributed by atoms with Crippen molar-refractivity contribution >= 4 is 40.5 Å². The number of carbonyl (C=O) groups excluding carboxylic acids is 1. The molecule has 2 aliphatic carbocycles. The van der Waals surface area contributed by atoms with Gasteiger partial charge in [-0.1, -0.05) is 35.3 Å². The minimum absolute atomic E-state index is 0.0855. The van der Waals surface area contributed by atoms with Gasteiger partial charge in [0.1, 0.15) is 30.7 Å². The first-order valence-electron chi connectivity index (χ1n) is 15.8. The zero-order valence-electron chi connectivity index (χ0n) is 25.7. The second-order valence-electron chi connectivity index (χ2n) is 12.8. The Labute approximate surface area is 274 Å². The summed E-state index contributed by atoms with van der Waals surface area (Å²) in [7, 11) is 1.78. The van der Waals surface area contributed by atoms with Crippen molar-refractivity contribution in [2.24, 2.45) is 5.41 Å². The van der Waals surface area contributed by atoms with Gasteiger partial charge in [-0.05, 0) is 82.3 Å². The van der Waals surface area contributed by atoms with Gasteiger partial charge in [0.05, 0.1) is 34.5 Å². The summed E-state index contributed by atoms with van der Waals surface area (Å²) in [6, 6.07) is 12.3. The molecule has 0 aromatic heterocycles. The highest BCUT2D eigenvalue weighted by Crippen LogP contribution is 2.50. The first-order valence-corrected chi connectivity index (χ1v) is 16.6. The Balaban J connectivity index is 1.10. The van der Waals surface area contributed by atoms with Crippen LogP contribution >= 0.6 is 23.2 Å². The van der Waals surface area contributed by atoms with Gasteiger partial charge in [0.25, 0.3) is 0 Å². The van der Waals surface area contributed by atoms with Crippen molar-refractivity contribution < 1.29 is 35.1 Å². The van der Waals surface area contributed by atoms with Crippen LogP contribution in [0.25, 0.3) is 0 Å². The van der Waals surface area contributed by atoms with Crippen LogP contribution in [0.15, 0.2) is 36.4 Å². The number of likely N-dealkylation sites (N-methyl/N-ethyl adjacent to an activating group) is 1. The fourth-order valence-electron chi connectivity index (χ4n) is 6.08. The topological polar surface area (TPSA) is 137 Å². The number of aryl methyl sites for hydroxylation is 1. The highest BCUT2D eigenvalue weighted by Gasteiger charge is 2.54. The molecule has 1 heterocycles. The number of halogens is 2. The van der Waals surface area contributed by atoms with Gasteiger partial charge in [-0.2, -0.15) is 0 Å². The molecule has 3 aliphatic rings. The van der Waals surface area contributed by atoms with Crippen LogP contribution in [0.2, 0.25) is 10.0 Å². The van der Waals surface area contributed by atoms with Crippen molar-refractivity contribution in [2.45, 2.75) is 75.4 Å². The van der Waals surface area contributed by atoms with Gasteiger partial charge in [0, 0.05) is 36.8 Å². The molecule has 1 aliphatic heterocycles. The van der Waals surface area contributed by atoms with Crippen LogP contribution < -0.4 is 14.5 Å².